The molecule has 4 rings (SSSR count). The molecule has 0 radical (unpaired) electrons. The van der Waals surface area contributed by atoms with Crippen LogP contribution in [0.4, 0.5) is 0 Å². The fraction of sp³-hybridized carbons (Fsp3) is 0.316. The van der Waals surface area contributed by atoms with Crippen molar-refractivity contribution in [2.24, 2.45) is 5.92 Å². The molecule has 26 heavy (non-hydrogen) atoms. The summed E-state index contributed by atoms with van der Waals surface area (Å²) in [5.74, 6) is 0.462. The van der Waals surface area contributed by atoms with Crippen LogP contribution in [0, 0.1) is 9.49 Å². The van der Waals surface area contributed by atoms with E-state index in [1.807, 2.05) is 34.9 Å². The number of pyridine rings is 1. The molecule has 1 aromatic carbocycles. The number of likely N-dealkylation sites (tertiary alicyclic amines) is 1. The SMILES string of the molecule is O=C(NC(=S)N1C[C@@H]2C[C@@H](C1)c1cccc(=O)n1C2)c1ccccc1I. The van der Waals surface area contributed by atoms with Gasteiger partial charge in [-0.05, 0) is 65.3 Å². The number of aromatic nitrogens is 1. The number of carbonyl (C=O) groups excluding carboxylic acids is 1. The number of rotatable bonds is 1. The number of halogens is 1. The fourth-order valence-corrected chi connectivity index (χ4v) is 4.83. The van der Waals surface area contributed by atoms with E-state index in [4.69, 9.17) is 12.2 Å². The van der Waals surface area contributed by atoms with Crippen LogP contribution >= 0.6 is 34.8 Å². The average Bonchev–Trinajstić information content (AvgIpc) is 2.63. The monoisotopic (exact) mass is 479 g/mol. The molecule has 1 amide bonds. The third-order valence-corrected chi connectivity index (χ3v) is 6.41. The molecule has 2 aromatic rings. The number of hydrogen-bond donors (Lipinski definition) is 1. The molecule has 2 atom stereocenters. The van der Waals surface area contributed by atoms with Crippen molar-refractivity contribution in [3.63, 3.8) is 0 Å². The Labute approximate surface area is 170 Å². The summed E-state index contributed by atoms with van der Waals surface area (Å²) < 4.78 is 2.79. The Hall–Kier alpha value is -1.74. The zero-order chi connectivity index (χ0) is 18.3. The molecule has 0 aliphatic carbocycles. The average molecular weight is 479 g/mol. The van der Waals surface area contributed by atoms with Crippen LogP contribution in [0.25, 0.3) is 0 Å². The lowest BCUT2D eigenvalue weighted by molar-refractivity contribution is 0.0967. The van der Waals surface area contributed by atoms with Gasteiger partial charge in [-0.15, -0.1) is 0 Å². The summed E-state index contributed by atoms with van der Waals surface area (Å²) in [7, 11) is 0. The van der Waals surface area contributed by atoms with Gasteiger partial charge in [0.1, 0.15) is 0 Å². The van der Waals surface area contributed by atoms with Crippen molar-refractivity contribution in [2.45, 2.75) is 18.9 Å². The minimum Gasteiger partial charge on any atom is -0.348 e. The van der Waals surface area contributed by atoms with Crippen molar-refractivity contribution >= 4 is 45.8 Å². The van der Waals surface area contributed by atoms with E-state index in [2.05, 4.69) is 32.8 Å². The van der Waals surface area contributed by atoms with Crippen LogP contribution in [0.2, 0.25) is 0 Å². The van der Waals surface area contributed by atoms with Crippen LogP contribution in [0.3, 0.4) is 0 Å². The number of benzene rings is 1. The lowest BCUT2D eigenvalue weighted by Crippen LogP contribution is -2.52. The van der Waals surface area contributed by atoms with E-state index in [0.29, 0.717) is 16.6 Å². The molecular weight excluding hydrogens is 461 g/mol. The number of thiocarbonyl (C=S) groups is 1. The minimum absolute atomic E-state index is 0.0696. The first kappa shape index (κ1) is 17.7. The molecule has 0 spiro atoms. The zero-order valence-electron chi connectivity index (χ0n) is 14.0. The first-order valence-electron chi connectivity index (χ1n) is 8.57. The maximum atomic E-state index is 12.5. The predicted molar refractivity (Wildman–Crippen MR) is 112 cm³/mol. The molecule has 5 nitrogen and oxygen atoms in total. The van der Waals surface area contributed by atoms with Gasteiger partial charge >= 0.3 is 0 Å². The van der Waals surface area contributed by atoms with E-state index in [1.54, 1.807) is 12.1 Å². The minimum atomic E-state index is -0.174. The molecule has 1 fully saturated rings. The second kappa shape index (κ2) is 7.11. The van der Waals surface area contributed by atoms with E-state index in [-0.39, 0.29) is 17.4 Å². The summed E-state index contributed by atoms with van der Waals surface area (Å²) >= 11 is 7.67. The molecule has 1 aromatic heterocycles. The van der Waals surface area contributed by atoms with Crippen molar-refractivity contribution < 1.29 is 4.79 Å². The number of nitrogens with zero attached hydrogens (tertiary/aromatic N) is 2. The van der Waals surface area contributed by atoms with Crippen molar-refractivity contribution in [1.29, 1.82) is 0 Å². The van der Waals surface area contributed by atoms with Crippen LogP contribution in [0.1, 0.15) is 28.4 Å². The van der Waals surface area contributed by atoms with Gasteiger partial charge in [0.25, 0.3) is 11.5 Å². The number of amides is 1. The Morgan fingerprint density at radius 2 is 1.92 bits per heavy atom. The molecule has 0 saturated carbocycles. The van der Waals surface area contributed by atoms with E-state index in [9.17, 15) is 9.59 Å². The van der Waals surface area contributed by atoms with Crippen LogP contribution in [0.5, 0.6) is 0 Å². The van der Waals surface area contributed by atoms with Gasteiger partial charge < -0.3 is 9.47 Å². The molecule has 1 N–H and O–H groups in total. The number of hydrogen-bond acceptors (Lipinski definition) is 3. The second-order valence-corrected chi connectivity index (χ2v) is 8.39. The molecule has 2 aliphatic heterocycles. The first-order chi connectivity index (χ1) is 12.5. The highest BCUT2D eigenvalue weighted by atomic mass is 127. The van der Waals surface area contributed by atoms with Crippen LogP contribution in [-0.4, -0.2) is 33.6 Å². The van der Waals surface area contributed by atoms with Crippen molar-refractivity contribution in [1.82, 2.24) is 14.8 Å². The summed E-state index contributed by atoms with van der Waals surface area (Å²) in [6.45, 7) is 2.21. The third-order valence-electron chi connectivity index (χ3n) is 5.11. The molecule has 2 bridgehead atoms. The van der Waals surface area contributed by atoms with E-state index in [1.165, 1.54) is 0 Å². The van der Waals surface area contributed by atoms with Gasteiger partial charge in [-0.1, -0.05) is 18.2 Å². The van der Waals surface area contributed by atoms with Crippen LogP contribution < -0.4 is 10.9 Å². The Morgan fingerprint density at radius 3 is 2.73 bits per heavy atom. The molecule has 0 unspecified atom stereocenters. The van der Waals surface area contributed by atoms with Gasteiger partial charge in [-0.25, -0.2) is 0 Å². The first-order valence-corrected chi connectivity index (χ1v) is 10.1. The quantitative estimate of drug-likeness (QED) is 0.505. The lowest BCUT2D eigenvalue weighted by Gasteiger charge is -2.43. The predicted octanol–water partition coefficient (Wildman–Crippen LogP) is 2.59. The van der Waals surface area contributed by atoms with E-state index >= 15 is 0 Å². The van der Waals surface area contributed by atoms with Crippen molar-refractivity contribution in [3.8, 4) is 0 Å². The maximum absolute atomic E-state index is 12.5. The maximum Gasteiger partial charge on any atom is 0.258 e. The van der Waals surface area contributed by atoms with Crippen LogP contribution in [0.15, 0.2) is 47.3 Å². The van der Waals surface area contributed by atoms with Gasteiger partial charge in [0, 0.05) is 40.9 Å². The number of carbonyl (C=O) groups is 1. The highest BCUT2D eigenvalue weighted by Gasteiger charge is 2.35. The summed E-state index contributed by atoms with van der Waals surface area (Å²) in [6.07, 6.45) is 1.06. The fourth-order valence-electron chi connectivity index (χ4n) is 3.95. The molecule has 2 aliphatic rings. The normalized spacial score (nSPS) is 21.0. The van der Waals surface area contributed by atoms with Gasteiger partial charge in [0.15, 0.2) is 5.11 Å². The molecule has 3 heterocycles. The molecule has 1 saturated heterocycles. The molecule has 134 valence electrons. The number of fused-ring (bicyclic) bond motifs is 4. The summed E-state index contributed by atoms with van der Waals surface area (Å²) in [5, 5.41) is 3.35. The topological polar surface area (TPSA) is 54.3 Å². The largest absolute Gasteiger partial charge is 0.348 e. The van der Waals surface area contributed by atoms with E-state index < -0.39 is 0 Å². The lowest BCUT2D eigenvalue weighted by atomic mass is 9.83. The van der Waals surface area contributed by atoms with Crippen molar-refractivity contribution in [3.05, 3.63) is 67.6 Å². The second-order valence-electron chi connectivity index (χ2n) is 6.84. The standard InChI is InChI=1S/C19H18IN3O2S/c20-15-5-2-1-4-14(15)18(25)21-19(26)22-9-12-8-13(11-22)16-6-3-7-17(24)23(16)10-12/h1-7,12-13H,8-11H2,(H,21,25,26)/t12-,13-/m0/s1. The zero-order valence-corrected chi connectivity index (χ0v) is 17.0. The Kier molecular flexibility index (Phi) is 4.83. The smallest absolute Gasteiger partial charge is 0.258 e. The highest BCUT2D eigenvalue weighted by Crippen LogP contribution is 2.34. The molecule has 7 heteroatoms. The van der Waals surface area contributed by atoms with Crippen molar-refractivity contribution in [2.75, 3.05) is 13.1 Å². The number of piperidine rings is 1. The number of nitrogens with one attached hydrogen (secondary N) is 1. The van der Waals surface area contributed by atoms with Gasteiger partial charge in [-0.2, -0.15) is 0 Å². The Morgan fingerprint density at radius 1 is 1.12 bits per heavy atom. The summed E-state index contributed by atoms with van der Waals surface area (Å²) in [6, 6.07) is 12.9. The Balaban J connectivity index is 1.50. The highest BCUT2D eigenvalue weighted by molar-refractivity contribution is 14.1. The van der Waals surface area contributed by atoms with Crippen LogP contribution in [-0.2, 0) is 6.54 Å². The third kappa shape index (κ3) is 3.29. The summed E-state index contributed by atoms with van der Waals surface area (Å²) in [4.78, 5) is 26.7. The van der Waals surface area contributed by atoms with Gasteiger partial charge in [-0.3, -0.25) is 14.9 Å². The summed E-state index contributed by atoms with van der Waals surface area (Å²) in [5.41, 5.74) is 1.77. The van der Waals surface area contributed by atoms with Gasteiger partial charge in [0.05, 0.1) is 5.56 Å². The van der Waals surface area contributed by atoms with Gasteiger partial charge in [0.2, 0.25) is 0 Å². The Bertz CT molecular complexity index is 942. The van der Waals surface area contributed by atoms with E-state index in [0.717, 1.165) is 35.3 Å². The molecular formula is C19H18IN3O2S.